The van der Waals surface area contributed by atoms with Gasteiger partial charge < -0.3 is 9.88 Å². The minimum Gasteiger partial charge on any atom is -0.345 e. The van der Waals surface area contributed by atoms with Gasteiger partial charge in [-0.05, 0) is 51.0 Å². The zero-order valence-corrected chi connectivity index (χ0v) is 17.3. The second-order valence-electron chi connectivity index (χ2n) is 6.91. The molecule has 2 amide bonds. The lowest BCUT2D eigenvalue weighted by Crippen LogP contribution is -2.42. The minimum atomic E-state index is -0.766. The first-order valence-corrected chi connectivity index (χ1v) is 9.90. The van der Waals surface area contributed by atoms with E-state index < -0.39 is 11.8 Å². The van der Waals surface area contributed by atoms with Gasteiger partial charge >= 0.3 is 11.8 Å². The predicted molar refractivity (Wildman–Crippen MR) is 111 cm³/mol. The average Bonchev–Trinajstić information content (AvgIpc) is 3.24. The highest BCUT2D eigenvalue weighted by Gasteiger charge is 2.21. The summed E-state index contributed by atoms with van der Waals surface area (Å²) in [6, 6.07) is 7.33. The molecule has 1 saturated carbocycles. The van der Waals surface area contributed by atoms with E-state index in [2.05, 4.69) is 15.8 Å². The highest BCUT2D eigenvalue weighted by molar-refractivity contribution is 6.36. The van der Waals surface area contributed by atoms with Gasteiger partial charge in [0.25, 0.3) is 0 Å². The molecule has 2 N–H and O–H groups in total. The second kappa shape index (κ2) is 8.80. The normalized spacial score (nSPS) is 14.6. The van der Waals surface area contributed by atoms with Crippen molar-refractivity contribution in [2.75, 3.05) is 0 Å². The summed E-state index contributed by atoms with van der Waals surface area (Å²) in [4.78, 5) is 23.8. The molecule has 28 heavy (non-hydrogen) atoms. The van der Waals surface area contributed by atoms with Crippen LogP contribution in [0.3, 0.4) is 0 Å². The molecular formula is C20H22Cl2N4O2. The van der Waals surface area contributed by atoms with Gasteiger partial charge in [-0.3, -0.25) is 9.59 Å². The number of hydrogen-bond acceptors (Lipinski definition) is 3. The first-order valence-electron chi connectivity index (χ1n) is 9.15. The van der Waals surface area contributed by atoms with Crippen LogP contribution in [-0.2, 0) is 9.59 Å². The highest BCUT2D eigenvalue weighted by Crippen LogP contribution is 2.28. The first kappa shape index (κ1) is 20.4. The van der Waals surface area contributed by atoms with Gasteiger partial charge in [0, 0.05) is 28.0 Å². The summed E-state index contributed by atoms with van der Waals surface area (Å²) >= 11 is 12.3. The molecule has 3 rings (SSSR count). The van der Waals surface area contributed by atoms with Crippen LogP contribution in [0.4, 0.5) is 0 Å². The van der Waals surface area contributed by atoms with Crippen molar-refractivity contribution >= 4 is 41.2 Å². The Morgan fingerprint density at radius 1 is 1.14 bits per heavy atom. The zero-order chi connectivity index (χ0) is 20.3. The van der Waals surface area contributed by atoms with E-state index in [1.165, 1.54) is 6.21 Å². The Kier molecular flexibility index (Phi) is 6.42. The van der Waals surface area contributed by atoms with Gasteiger partial charge in [0.2, 0.25) is 0 Å². The van der Waals surface area contributed by atoms with Gasteiger partial charge in [0.15, 0.2) is 0 Å². The number of carbonyl (C=O) groups is 2. The molecule has 0 spiro atoms. The first-order chi connectivity index (χ1) is 13.4. The van der Waals surface area contributed by atoms with Crippen molar-refractivity contribution in [1.82, 2.24) is 15.3 Å². The number of aryl methyl sites for hydroxylation is 1. The quantitative estimate of drug-likeness (QED) is 0.446. The molecule has 1 fully saturated rings. The van der Waals surface area contributed by atoms with Crippen LogP contribution in [0.5, 0.6) is 0 Å². The van der Waals surface area contributed by atoms with Crippen molar-refractivity contribution in [2.45, 2.75) is 45.6 Å². The van der Waals surface area contributed by atoms with E-state index in [1.54, 1.807) is 12.1 Å². The van der Waals surface area contributed by atoms with Crippen LogP contribution in [0.2, 0.25) is 10.0 Å². The Balaban J connectivity index is 1.69. The van der Waals surface area contributed by atoms with Crippen molar-refractivity contribution in [3.8, 4) is 5.69 Å². The van der Waals surface area contributed by atoms with E-state index >= 15 is 0 Å². The highest BCUT2D eigenvalue weighted by atomic mass is 35.5. The Labute approximate surface area is 173 Å². The molecule has 1 aromatic heterocycles. The number of amides is 2. The van der Waals surface area contributed by atoms with Crippen molar-refractivity contribution < 1.29 is 9.59 Å². The van der Waals surface area contributed by atoms with Crippen molar-refractivity contribution in [3.63, 3.8) is 0 Å². The lowest BCUT2D eigenvalue weighted by atomic mass is 10.2. The molecule has 0 saturated heterocycles. The van der Waals surface area contributed by atoms with Crippen LogP contribution in [0.1, 0.15) is 42.6 Å². The maximum Gasteiger partial charge on any atom is 0.329 e. The molecule has 1 aromatic carbocycles. The molecule has 2 aromatic rings. The monoisotopic (exact) mass is 420 g/mol. The number of nitrogens with zero attached hydrogens (tertiary/aromatic N) is 2. The molecule has 1 aliphatic carbocycles. The number of halogens is 2. The van der Waals surface area contributed by atoms with Crippen LogP contribution in [-0.4, -0.2) is 28.6 Å². The molecule has 1 aliphatic rings. The van der Waals surface area contributed by atoms with Gasteiger partial charge in [-0.1, -0.05) is 36.0 Å². The molecule has 0 atom stereocenters. The molecule has 6 nitrogen and oxygen atoms in total. The van der Waals surface area contributed by atoms with Crippen molar-refractivity contribution in [2.24, 2.45) is 5.10 Å². The fourth-order valence-electron chi connectivity index (χ4n) is 3.48. The summed E-state index contributed by atoms with van der Waals surface area (Å²) in [6.45, 7) is 3.87. The van der Waals surface area contributed by atoms with Crippen LogP contribution < -0.4 is 10.7 Å². The molecule has 0 bridgehead atoms. The topological polar surface area (TPSA) is 75.5 Å². The number of carbonyl (C=O) groups excluding carboxylic acids is 2. The smallest absolute Gasteiger partial charge is 0.329 e. The summed E-state index contributed by atoms with van der Waals surface area (Å²) < 4.78 is 1.98. The Hall–Kier alpha value is -2.31. The van der Waals surface area contributed by atoms with Crippen molar-refractivity contribution in [1.29, 1.82) is 0 Å². The van der Waals surface area contributed by atoms with Crippen LogP contribution in [0.15, 0.2) is 29.4 Å². The maximum absolute atomic E-state index is 11.9. The Morgan fingerprint density at radius 3 is 2.54 bits per heavy atom. The molecular weight excluding hydrogens is 399 g/mol. The van der Waals surface area contributed by atoms with Crippen LogP contribution in [0, 0.1) is 13.8 Å². The summed E-state index contributed by atoms with van der Waals surface area (Å²) in [5.41, 5.74) is 5.75. The molecule has 8 heteroatoms. The standard InChI is InChI=1S/C20H22Cl2N4O2/c1-12-9-14(13(2)26(12)18-8-7-15(21)10-17(18)22)11-23-25-20(28)19(27)24-16-5-3-4-6-16/h7-11,16H,3-6H2,1-2H3,(H,24,27)(H,25,28)/b23-11-. The minimum absolute atomic E-state index is 0.0882. The summed E-state index contributed by atoms with van der Waals surface area (Å²) in [5.74, 6) is -1.42. The lowest BCUT2D eigenvalue weighted by molar-refractivity contribution is -0.139. The molecule has 1 heterocycles. The Morgan fingerprint density at radius 2 is 1.86 bits per heavy atom. The summed E-state index contributed by atoms with van der Waals surface area (Å²) in [6.07, 6.45) is 5.52. The molecule has 0 aliphatic heterocycles. The fourth-order valence-corrected chi connectivity index (χ4v) is 3.98. The SMILES string of the molecule is Cc1cc(/C=N\NC(=O)C(=O)NC2CCCC2)c(C)n1-c1ccc(Cl)cc1Cl. The number of hydrogen-bond donors (Lipinski definition) is 2. The fraction of sp³-hybridized carbons (Fsp3) is 0.350. The molecule has 0 unspecified atom stereocenters. The Bertz CT molecular complexity index is 931. The van der Waals surface area contributed by atoms with Gasteiger partial charge in [0.05, 0.1) is 16.9 Å². The van der Waals surface area contributed by atoms with Crippen LogP contribution >= 0.6 is 23.2 Å². The van der Waals surface area contributed by atoms with E-state index in [9.17, 15) is 9.59 Å². The van der Waals surface area contributed by atoms with E-state index in [-0.39, 0.29) is 6.04 Å². The summed E-state index contributed by atoms with van der Waals surface area (Å²) in [5, 5.41) is 7.76. The number of rotatable bonds is 4. The van der Waals surface area contributed by atoms with E-state index in [1.807, 2.05) is 30.5 Å². The predicted octanol–water partition coefficient (Wildman–Crippen LogP) is 3.91. The average molecular weight is 421 g/mol. The van der Waals surface area contributed by atoms with Gasteiger partial charge in [-0.15, -0.1) is 0 Å². The number of benzene rings is 1. The van der Waals surface area contributed by atoms with Gasteiger partial charge in [-0.2, -0.15) is 5.10 Å². The molecule has 0 radical (unpaired) electrons. The van der Waals surface area contributed by atoms with Crippen molar-refractivity contribution in [3.05, 3.63) is 51.3 Å². The number of nitrogens with one attached hydrogen (secondary N) is 2. The van der Waals surface area contributed by atoms with E-state index in [4.69, 9.17) is 23.2 Å². The third-order valence-corrected chi connectivity index (χ3v) is 5.43. The number of aromatic nitrogens is 1. The third-order valence-electron chi connectivity index (χ3n) is 4.89. The zero-order valence-electron chi connectivity index (χ0n) is 15.8. The van der Waals surface area contributed by atoms with E-state index in [0.29, 0.717) is 10.0 Å². The molecule has 148 valence electrons. The summed E-state index contributed by atoms with van der Waals surface area (Å²) in [7, 11) is 0. The van der Waals surface area contributed by atoms with Crippen LogP contribution in [0.25, 0.3) is 5.69 Å². The maximum atomic E-state index is 11.9. The van der Waals surface area contributed by atoms with Gasteiger partial charge in [0.1, 0.15) is 0 Å². The van der Waals surface area contributed by atoms with Gasteiger partial charge in [-0.25, -0.2) is 5.43 Å². The lowest BCUT2D eigenvalue weighted by Gasteiger charge is -2.11. The third kappa shape index (κ3) is 4.56. The largest absolute Gasteiger partial charge is 0.345 e. The van der Waals surface area contributed by atoms with E-state index in [0.717, 1.165) is 48.3 Å². The number of hydrazone groups is 1. The second-order valence-corrected chi connectivity index (χ2v) is 7.76.